The smallest absolute Gasteiger partial charge is 0.335 e. The van der Waals surface area contributed by atoms with Gasteiger partial charge in [-0.05, 0) is 111 Å². The minimum Gasteiger partial charge on any atom is -0.481 e. The van der Waals surface area contributed by atoms with Crippen molar-refractivity contribution in [2.45, 2.75) is 218 Å². The summed E-state index contributed by atoms with van der Waals surface area (Å²) in [7, 11) is 0. The molecule has 3 aliphatic heterocycles. The van der Waals surface area contributed by atoms with Gasteiger partial charge in [-0.15, -0.1) is 0 Å². The van der Waals surface area contributed by atoms with Gasteiger partial charge in [0, 0.05) is 5.41 Å². The number of carbonyl (C=O) groups is 2. The summed E-state index contributed by atoms with van der Waals surface area (Å²) in [6.45, 7) is 15.8. The zero-order valence-corrected chi connectivity index (χ0v) is 39.9. The third kappa shape index (κ3) is 7.88. The quantitative estimate of drug-likeness (QED) is 0.112. The topological polar surface area (TPSA) is 312 Å². The number of aliphatic hydroxyl groups is 9. The van der Waals surface area contributed by atoms with E-state index in [9.17, 15) is 65.8 Å². The number of aliphatic carboxylic acids is 2. The number of rotatable bonds is 9. The molecule has 0 aromatic carbocycles. The standard InChI is InChI=1S/C48H76O19/c1-20-28(51)30(53)34(57)39(62-20)66-36-31(54)29(52)23(19-49)63-40(36)67-37-33(56)32(55)35(38(58)59)65-41(37)64-27-12-13-46(6)24(43(27,2)3)11-14-48(8)25(46)10-9-21-22-17-44(4,42(60)61)18-26(50)45(22,5)15-16-47(21,48)7/h9,20,22-37,39-41,49-57H,10-19H2,1-8H3,(H,58,59)(H,60,61)/t20-,22-,23+,24-,25+,26+,27-,28-,29+,30+,31-,32-,33-,34+,35-,36+,37+,39-,40-,41+,44-,45+,46-,47+,48+/m0/s1. The maximum Gasteiger partial charge on any atom is 0.335 e. The van der Waals surface area contributed by atoms with Gasteiger partial charge in [-0.3, -0.25) is 4.79 Å². The van der Waals surface area contributed by atoms with E-state index in [4.69, 9.17) is 28.4 Å². The Balaban J connectivity index is 1.06. The zero-order valence-electron chi connectivity index (χ0n) is 39.9. The molecule has 25 atom stereocenters. The van der Waals surface area contributed by atoms with Crippen LogP contribution < -0.4 is 0 Å². The Hall–Kier alpha value is -1.92. The average Bonchev–Trinajstić information content (AvgIpc) is 3.25. The molecule has 0 bridgehead atoms. The van der Waals surface area contributed by atoms with Crippen molar-refractivity contribution in [1.29, 1.82) is 0 Å². The van der Waals surface area contributed by atoms with E-state index in [1.807, 2.05) is 0 Å². The average molecular weight is 957 g/mol. The number of ether oxygens (including phenoxy) is 6. The van der Waals surface area contributed by atoms with E-state index in [1.54, 1.807) is 6.92 Å². The molecule has 8 aliphatic rings. The Morgan fingerprint density at radius 3 is 1.91 bits per heavy atom. The van der Waals surface area contributed by atoms with Crippen LogP contribution in [0.5, 0.6) is 0 Å². The summed E-state index contributed by atoms with van der Waals surface area (Å²) in [5, 5.41) is 119. The van der Waals surface area contributed by atoms with Crippen molar-refractivity contribution in [3.63, 3.8) is 0 Å². The van der Waals surface area contributed by atoms with Gasteiger partial charge < -0.3 is 84.6 Å². The van der Waals surface area contributed by atoms with Crippen LogP contribution in [0, 0.1) is 50.2 Å². The number of carboxylic acids is 2. The first-order valence-corrected chi connectivity index (χ1v) is 24.3. The summed E-state index contributed by atoms with van der Waals surface area (Å²) in [5.41, 5.74) is -1.39. The fourth-order valence-electron chi connectivity index (χ4n) is 15.1. The van der Waals surface area contributed by atoms with Crippen molar-refractivity contribution in [1.82, 2.24) is 0 Å². The largest absolute Gasteiger partial charge is 0.481 e. The van der Waals surface area contributed by atoms with Crippen LogP contribution in [0.1, 0.15) is 113 Å². The molecule has 3 saturated heterocycles. The van der Waals surface area contributed by atoms with Gasteiger partial charge in [0.25, 0.3) is 0 Å². The van der Waals surface area contributed by atoms with Gasteiger partial charge in [-0.25, -0.2) is 4.79 Å². The Morgan fingerprint density at radius 1 is 0.657 bits per heavy atom. The monoisotopic (exact) mass is 956 g/mol. The summed E-state index contributed by atoms with van der Waals surface area (Å²) < 4.78 is 36.3. The van der Waals surface area contributed by atoms with Crippen molar-refractivity contribution in [3.8, 4) is 0 Å². The van der Waals surface area contributed by atoms with Crippen molar-refractivity contribution in [3.05, 3.63) is 11.6 Å². The van der Waals surface area contributed by atoms with Gasteiger partial charge in [-0.2, -0.15) is 0 Å². The molecule has 3 heterocycles. The Labute approximate surface area is 391 Å². The van der Waals surface area contributed by atoms with Crippen LogP contribution in [0.3, 0.4) is 0 Å². The van der Waals surface area contributed by atoms with Crippen molar-refractivity contribution < 1.29 is 94.2 Å². The lowest BCUT2D eigenvalue weighted by molar-refractivity contribution is -0.395. The number of aliphatic hydroxyl groups excluding tert-OH is 9. The van der Waals surface area contributed by atoms with Crippen LogP contribution in [0.2, 0.25) is 0 Å². The number of hydrogen-bond acceptors (Lipinski definition) is 17. The molecule has 0 unspecified atom stereocenters. The number of allylic oxidation sites excluding steroid dienone is 2. The molecular formula is C48H76O19. The Kier molecular flexibility index (Phi) is 13.6. The fourth-order valence-corrected chi connectivity index (χ4v) is 15.1. The molecular weight excluding hydrogens is 881 g/mol. The summed E-state index contributed by atoms with van der Waals surface area (Å²) in [6.07, 6.45) is -18.9. The van der Waals surface area contributed by atoms with Crippen LogP contribution in [-0.4, -0.2) is 179 Å². The minimum absolute atomic E-state index is 0.0735. The predicted molar refractivity (Wildman–Crippen MR) is 231 cm³/mol. The van der Waals surface area contributed by atoms with Crippen LogP contribution >= 0.6 is 0 Å². The van der Waals surface area contributed by atoms with Crippen LogP contribution in [0.4, 0.5) is 0 Å². The van der Waals surface area contributed by atoms with Crippen molar-refractivity contribution >= 4 is 11.9 Å². The summed E-state index contributed by atoms with van der Waals surface area (Å²) in [4.78, 5) is 25.1. The minimum atomic E-state index is -2.05. The Morgan fingerprint density at radius 2 is 1.28 bits per heavy atom. The highest BCUT2D eigenvalue weighted by Gasteiger charge is 2.70. The zero-order chi connectivity index (χ0) is 49.3. The highest BCUT2D eigenvalue weighted by molar-refractivity contribution is 5.74. The van der Waals surface area contributed by atoms with E-state index in [1.165, 1.54) is 12.5 Å². The molecule has 5 aliphatic carbocycles. The number of hydrogen-bond donors (Lipinski definition) is 11. The third-order valence-electron chi connectivity index (χ3n) is 19.7. The molecule has 8 rings (SSSR count). The summed E-state index contributed by atoms with van der Waals surface area (Å²) >= 11 is 0. The maximum absolute atomic E-state index is 12.6. The summed E-state index contributed by atoms with van der Waals surface area (Å²) in [5.74, 6) is -2.23. The lowest BCUT2D eigenvalue weighted by atomic mass is 9.33. The maximum atomic E-state index is 12.6. The summed E-state index contributed by atoms with van der Waals surface area (Å²) in [6, 6.07) is 0. The first-order valence-electron chi connectivity index (χ1n) is 24.3. The van der Waals surface area contributed by atoms with Crippen LogP contribution in [0.25, 0.3) is 0 Å². The number of carboxylic acid groups (broad SMARTS) is 2. The van der Waals surface area contributed by atoms with Gasteiger partial charge >= 0.3 is 11.9 Å². The molecule has 382 valence electrons. The van der Waals surface area contributed by atoms with E-state index < -0.39 is 139 Å². The highest BCUT2D eigenvalue weighted by Crippen LogP contribution is 2.76. The van der Waals surface area contributed by atoms with E-state index in [0.29, 0.717) is 19.3 Å². The molecule has 0 aromatic rings. The number of fused-ring (bicyclic) bond motifs is 7. The van der Waals surface area contributed by atoms with Gasteiger partial charge in [-0.1, -0.05) is 53.2 Å². The first-order chi connectivity index (χ1) is 31.1. The molecule has 0 radical (unpaired) electrons. The fraction of sp³-hybridized carbons (Fsp3) is 0.917. The molecule has 19 heteroatoms. The molecule has 0 aromatic heterocycles. The van der Waals surface area contributed by atoms with E-state index in [2.05, 4.69) is 47.6 Å². The molecule has 67 heavy (non-hydrogen) atoms. The molecule has 0 amide bonds. The molecule has 4 saturated carbocycles. The SMILES string of the molecule is C[C@@H]1O[C@@H](O[C@H]2[C@H](O[C@H]3[C@H](O[C@H]4CC[C@]5(C)[C@H]6CC=C7[C@@H]8C[C@](C)(C(=O)O)C[C@@H](O)[C@]8(C)CC[C@@]7(C)[C@]6(C)CC[C@H]5C4(C)C)O[C@H](C(=O)O)[C@@H](O)[C@@H]3O)O[C@H](CO)[C@@H](O)[C@@H]2O)[C@H](O)[C@H](O)[C@H]1O. The second-order valence-corrected chi connectivity index (χ2v) is 23.5. The van der Waals surface area contributed by atoms with Crippen LogP contribution in [0.15, 0.2) is 11.6 Å². The lowest BCUT2D eigenvalue weighted by Crippen LogP contribution is -2.68. The predicted octanol–water partition coefficient (Wildman–Crippen LogP) is 0.797. The first kappa shape index (κ1) is 51.4. The van der Waals surface area contributed by atoms with Gasteiger partial charge in [0.05, 0.1) is 30.3 Å². The van der Waals surface area contributed by atoms with Gasteiger partial charge in [0.2, 0.25) is 0 Å². The van der Waals surface area contributed by atoms with Gasteiger partial charge in [0.1, 0.15) is 61.0 Å². The van der Waals surface area contributed by atoms with Gasteiger partial charge in [0.15, 0.2) is 25.0 Å². The molecule has 0 spiro atoms. The second-order valence-electron chi connectivity index (χ2n) is 23.5. The van der Waals surface area contributed by atoms with Crippen LogP contribution in [-0.2, 0) is 38.0 Å². The van der Waals surface area contributed by atoms with Crippen molar-refractivity contribution in [2.75, 3.05) is 6.61 Å². The second kappa shape index (κ2) is 17.7. The molecule has 19 nitrogen and oxygen atoms in total. The highest BCUT2D eigenvalue weighted by atomic mass is 16.8. The van der Waals surface area contributed by atoms with E-state index in [-0.39, 0.29) is 40.4 Å². The molecule has 11 N–H and O–H groups in total. The third-order valence-corrected chi connectivity index (χ3v) is 19.7. The molecule has 7 fully saturated rings. The Bertz CT molecular complexity index is 1900. The van der Waals surface area contributed by atoms with Crippen molar-refractivity contribution in [2.24, 2.45) is 50.2 Å². The van der Waals surface area contributed by atoms with E-state index in [0.717, 1.165) is 32.1 Å². The van der Waals surface area contributed by atoms with E-state index >= 15 is 0 Å². The lowest BCUT2D eigenvalue weighted by Gasteiger charge is -2.71. The normalized spacial score (nSPS) is 55.2.